The van der Waals surface area contributed by atoms with Crippen molar-refractivity contribution in [2.45, 2.75) is 19.3 Å². The van der Waals surface area contributed by atoms with Gasteiger partial charge in [0, 0.05) is 12.6 Å². The highest BCUT2D eigenvalue weighted by Crippen LogP contribution is 2.22. The van der Waals surface area contributed by atoms with Crippen molar-refractivity contribution in [3.8, 4) is 0 Å². The van der Waals surface area contributed by atoms with Crippen LogP contribution in [0.15, 0.2) is 22.8 Å². The van der Waals surface area contributed by atoms with Gasteiger partial charge in [0.15, 0.2) is 0 Å². The zero-order valence-corrected chi connectivity index (χ0v) is 9.31. The molecule has 14 heavy (non-hydrogen) atoms. The number of anilines is 1. The van der Waals surface area contributed by atoms with Crippen molar-refractivity contribution >= 4 is 21.7 Å². The molecule has 1 N–H and O–H groups in total. The summed E-state index contributed by atoms with van der Waals surface area (Å²) in [5.41, 5.74) is 0. The van der Waals surface area contributed by atoms with Gasteiger partial charge in [0.2, 0.25) is 0 Å². The molecule has 5 heteroatoms. The molecule has 0 aromatic carbocycles. The molecule has 0 saturated heterocycles. The highest BCUT2D eigenvalue weighted by atomic mass is 79.9. The molecular weight excluding hydrogens is 254 g/mol. The van der Waals surface area contributed by atoms with Crippen LogP contribution in [0.3, 0.4) is 0 Å². The molecule has 1 aromatic rings. The Morgan fingerprint density at radius 3 is 2.86 bits per heavy atom. The van der Waals surface area contributed by atoms with Gasteiger partial charge in [-0.15, -0.1) is 0 Å². The third-order valence-corrected chi connectivity index (χ3v) is 2.43. The minimum absolute atomic E-state index is 0.176. The number of nitrogens with zero attached hydrogens (tertiary/aromatic N) is 1. The molecule has 0 spiro atoms. The molecule has 0 atom stereocenters. The lowest BCUT2D eigenvalue weighted by atomic mass is 10.2. The molecule has 0 aliphatic heterocycles. The lowest BCUT2D eigenvalue weighted by Gasteiger charge is -2.15. The van der Waals surface area contributed by atoms with E-state index in [4.69, 9.17) is 0 Å². The summed E-state index contributed by atoms with van der Waals surface area (Å²) in [5.74, 6) is -2.24. The first-order chi connectivity index (χ1) is 6.55. The zero-order valence-electron chi connectivity index (χ0n) is 7.73. The quantitative estimate of drug-likeness (QED) is 0.903. The summed E-state index contributed by atoms with van der Waals surface area (Å²) in [6.07, 6.45) is 1.38. The number of hydrogen-bond acceptors (Lipinski definition) is 2. The number of halogens is 3. The average molecular weight is 265 g/mol. The molecule has 0 aliphatic carbocycles. The van der Waals surface area contributed by atoms with E-state index in [1.165, 1.54) is 6.92 Å². The van der Waals surface area contributed by atoms with E-state index in [2.05, 4.69) is 26.2 Å². The maximum absolute atomic E-state index is 12.9. The minimum Gasteiger partial charge on any atom is -0.363 e. The fraction of sp³-hybridized carbons (Fsp3) is 0.444. The summed E-state index contributed by atoms with van der Waals surface area (Å²) >= 11 is 3.22. The van der Waals surface area contributed by atoms with Crippen LogP contribution in [0.4, 0.5) is 14.6 Å². The molecule has 0 amide bonds. The van der Waals surface area contributed by atoms with Crippen molar-refractivity contribution in [2.24, 2.45) is 0 Å². The first-order valence-electron chi connectivity index (χ1n) is 4.27. The van der Waals surface area contributed by atoms with Crippen LogP contribution >= 0.6 is 15.9 Å². The number of hydrogen-bond donors (Lipinski definition) is 1. The fourth-order valence-corrected chi connectivity index (χ4v) is 1.25. The molecule has 1 aromatic heterocycles. The normalized spacial score (nSPS) is 11.4. The highest BCUT2D eigenvalue weighted by molar-refractivity contribution is 9.10. The summed E-state index contributed by atoms with van der Waals surface area (Å²) in [6, 6.07) is 3.48. The maximum atomic E-state index is 12.9. The molecule has 1 rings (SSSR count). The monoisotopic (exact) mass is 264 g/mol. The third-order valence-electron chi connectivity index (χ3n) is 1.79. The molecular formula is C9H11BrF2N2. The summed E-state index contributed by atoms with van der Waals surface area (Å²) in [5, 5.41) is 2.60. The van der Waals surface area contributed by atoms with Gasteiger partial charge in [0.1, 0.15) is 5.82 Å². The number of rotatable bonds is 4. The summed E-state index contributed by atoms with van der Waals surface area (Å²) in [6.45, 7) is 1.06. The van der Waals surface area contributed by atoms with Gasteiger partial charge >= 0.3 is 0 Å². The Balaban J connectivity index is 2.58. The van der Waals surface area contributed by atoms with E-state index in [1.54, 1.807) is 18.3 Å². The molecule has 0 aliphatic rings. The third kappa shape index (κ3) is 3.21. The van der Waals surface area contributed by atoms with Gasteiger partial charge in [-0.3, -0.25) is 0 Å². The minimum atomic E-state index is -2.68. The molecule has 1 heterocycles. The molecule has 2 nitrogen and oxygen atoms in total. The summed E-state index contributed by atoms with van der Waals surface area (Å²) in [4.78, 5) is 3.92. The Morgan fingerprint density at radius 1 is 1.57 bits per heavy atom. The van der Waals surface area contributed by atoms with Crippen molar-refractivity contribution < 1.29 is 8.78 Å². The SMILES string of the molecule is CCC(F)(F)CNc1ncccc1Br. The van der Waals surface area contributed by atoms with E-state index in [1.807, 2.05) is 0 Å². The second-order valence-corrected chi connectivity index (χ2v) is 3.75. The Kier molecular flexibility index (Phi) is 3.80. The van der Waals surface area contributed by atoms with E-state index in [-0.39, 0.29) is 13.0 Å². The molecule has 0 radical (unpaired) electrons. The molecule has 0 saturated carbocycles. The van der Waals surface area contributed by atoms with E-state index in [9.17, 15) is 8.78 Å². The number of alkyl halides is 2. The Bertz CT molecular complexity index is 305. The van der Waals surface area contributed by atoms with Crippen LogP contribution in [0.2, 0.25) is 0 Å². The van der Waals surface area contributed by atoms with Crippen LogP contribution in [-0.2, 0) is 0 Å². The van der Waals surface area contributed by atoms with Crippen LogP contribution in [0, 0.1) is 0 Å². The Hall–Kier alpha value is -0.710. The molecule has 0 fully saturated rings. The molecule has 78 valence electrons. The largest absolute Gasteiger partial charge is 0.363 e. The van der Waals surface area contributed by atoms with Gasteiger partial charge in [-0.2, -0.15) is 0 Å². The van der Waals surface area contributed by atoms with Crippen molar-refractivity contribution in [1.29, 1.82) is 0 Å². The van der Waals surface area contributed by atoms with E-state index < -0.39 is 5.92 Å². The molecule has 0 unspecified atom stereocenters. The predicted molar refractivity (Wildman–Crippen MR) is 55.7 cm³/mol. The van der Waals surface area contributed by atoms with Crippen LogP contribution in [-0.4, -0.2) is 17.5 Å². The predicted octanol–water partition coefficient (Wildman–Crippen LogP) is 3.30. The summed E-state index contributed by atoms with van der Waals surface area (Å²) in [7, 11) is 0. The highest BCUT2D eigenvalue weighted by Gasteiger charge is 2.25. The van der Waals surface area contributed by atoms with Crippen LogP contribution in [0.5, 0.6) is 0 Å². The first kappa shape index (κ1) is 11.4. The van der Waals surface area contributed by atoms with Crippen molar-refractivity contribution in [1.82, 2.24) is 4.98 Å². The van der Waals surface area contributed by atoms with E-state index in [0.717, 1.165) is 0 Å². The van der Waals surface area contributed by atoms with Crippen molar-refractivity contribution in [3.63, 3.8) is 0 Å². The fourth-order valence-electron chi connectivity index (χ4n) is 0.854. The van der Waals surface area contributed by atoms with E-state index >= 15 is 0 Å². The lowest BCUT2D eigenvalue weighted by Crippen LogP contribution is -2.26. The van der Waals surface area contributed by atoms with E-state index in [0.29, 0.717) is 10.3 Å². The van der Waals surface area contributed by atoms with Gasteiger partial charge in [0.25, 0.3) is 5.92 Å². The maximum Gasteiger partial charge on any atom is 0.264 e. The van der Waals surface area contributed by atoms with Gasteiger partial charge in [0.05, 0.1) is 11.0 Å². The van der Waals surface area contributed by atoms with Gasteiger partial charge in [-0.25, -0.2) is 13.8 Å². The smallest absolute Gasteiger partial charge is 0.264 e. The lowest BCUT2D eigenvalue weighted by molar-refractivity contribution is 0.0115. The van der Waals surface area contributed by atoms with Gasteiger partial charge in [-0.1, -0.05) is 6.92 Å². The van der Waals surface area contributed by atoms with Crippen LogP contribution < -0.4 is 5.32 Å². The second kappa shape index (κ2) is 4.68. The number of aromatic nitrogens is 1. The van der Waals surface area contributed by atoms with Crippen molar-refractivity contribution in [3.05, 3.63) is 22.8 Å². The summed E-state index contributed by atoms with van der Waals surface area (Å²) < 4.78 is 26.4. The second-order valence-electron chi connectivity index (χ2n) is 2.90. The first-order valence-corrected chi connectivity index (χ1v) is 5.06. The van der Waals surface area contributed by atoms with Gasteiger partial charge < -0.3 is 5.32 Å². The zero-order chi connectivity index (χ0) is 10.6. The molecule has 0 bridgehead atoms. The van der Waals surface area contributed by atoms with Gasteiger partial charge in [-0.05, 0) is 28.1 Å². The Morgan fingerprint density at radius 2 is 2.29 bits per heavy atom. The topological polar surface area (TPSA) is 24.9 Å². The number of nitrogens with one attached hydrogen (secondary N) is 1. The standard InChI is InChI=1S/C9H11BrF2N2/c1-2-9(11,12)6-14-8-7(10)4-3-5-13-8/h3-5H,2,6H2,1H3,(H,13,14). The Labute approximate surface area is 89.9 Å². The van der Waals surface area contributed by atoms with Crippen LogP contribution in [0.1, 0.15) is 13.3 Å². The van der Waals surface area contributed by atoms with Crippen LogP contribution in [0.25, 0.3) is 0 Å². The average Bonchev–Trinajstić information content (AvgIpc) is 2.17. The van der Waals surface area contributed by atoms with Crippen molar-refractivity contribution in [2.75, 3.05) is 11.9 Å². The number of pyridine rings is 1.